The van der Waals surface area contributed by atoms with Gasteiger partial charge in [0.2, 0.25) is 5.91 Å². The minimum absolute atomic E-state index is 0.330. The van der Waals surface area contributed by atoms with Crippen LogP contribution in [0, 0.1) is 0 Å². The molecule has 1 aliphatic heterocycles. The standard InChI is InChI=1S/C16H32N4O/c1-2-20(15-6-7-15)16(21)14-19-12-10-18(11-13-19)9-5-3-4-8-17/h15H,2-14,17H2,1H3. The number of hydrogen-bond acceptors (Lipinski definition) is 4. The Morgan fingerprint density at radius 3 is 2.33 bits per heavy atom. The Morgan fingerprint density at radius 2 is 1.76 bits per heavy atom. The topological polar surface area (TPSA) is 52.8 Å². The molecule has 2 rings (SSSR count). The molecule has 2 N–H and O–H groups in total. The fraction of sp³-hybridized carbons (Fsp3) is 0.938. The third-order valence-corrected chi connectivity index (χ3v) is 4.65. The Kier molecular flexibility index (Phi) is 6.93. The summed E-state index contributed by atoms with van der Waals surface area (Å²) in [5.41, 5.74) is 5.52. The number of rotatable bonds is 9. The van der Waals surface area contributed by atoms with Crippen molar-refractivity contribution in [2.75, 3.05) is 52.4 Å². The number of nitrogens with zero attached hydrogens (tertiary/aromatic N) is 3. The van der Waals surface area contributed by atoms with Gasteiger partial charge < -0.3 is 15.5 Å². The van der Waals surface area contributed by atoms with Crippen LogP contribution in [-0.4, -0.2) is 79.0 Å². The molecule has 0 aromatic carbocycles. The fourth-order valence-corrected chi connectivity index (χ4v) is 3.13. The van der Waals surface area contributed by atoms with Crippen LogP contribution in [0.4, 0.5) is 0 Å². The minimum Gasteiger partial charge on any atom is -0.339 e. The summed E-state index contributed by atoms with van der Waals surface area (Å²) in [6.45, 7) is 9.84. The Hall–Kier alpha value is -0.650. The van der Waals surface area contributed by atoms with Crippen molar-refractivity contribution >= 4 is 5.91 Å². The molecule has 0 bridgehead atoms. The first kappa shape index (κ1) is 16.7. The van der Waals surface area contributed by atoms with Gasteiger partial charge in [0.25, 0.3) is 0 Å². The molecular weight excluding hydrogens is 264 g/mol. The Bertz CT molecular complexity index is 311. The molecule has 1 amide bonds. The normalized spacial score (nSPS) is 20.7. The van der Waals surface area contributed by atoms with Crippen LogP contribution < -0.4 is 5.73 Å². The number of hydrogen-bond donors (Lipinski definition) is 1. The van der Waals surface area contributed by atoms with Crippen LogP contribution in [0.5, 0.6) is 0 Å². The summed E-state index contributed by atoms with van der Waals surface area (Å²) in [5, 5.41) is 0. The highest BCUT2D eigenvalue weighted by atomic mass is 16.2. The van der Waals surface area contributed by atoms with Crippen LogP contribution in [0.3, 0.4) is 0 Å². The third kappa shape index (κ3) is 5.57. The molecule has 1 aliphatic carbocycles. The molecular formula is C16H32N4O. The van der Waals surface area contributed by atoms with Gasteiger partial charge in [0.05, 0.1) is 6.54 Å². The van der Waals surface area contributed by atoms with Crippen LogP contribution >= 0.6 is 0 Å². The number of carbonyl (C=O) groups is 1. The largest absolute Gasteiger partial charge is 0.339 e. The van der Waals surface area contributed by atoms with Gasteiger partial charge in [-0.25, -0.2) is 0 Å². The van der Waals surface area contributed by atoms with E-state index in [1.165, 1.54) is 32.2 Å². The first-order valence-electron chi connectivity index (χ1n) is 8.68. The number of amides is 1. The smallest absolute Gasteiger partial charge is 0.236 e. The van der Waals surface area contributed by atoms with E-state index in [2.05, 4.69) is 21.6 Å². The van der Waals surface area contributed by atoms with Crippen molar-refractivity contribution in [1.29, 1.82) is 0 Å². The van der Waals surface area contributed by atoms with Gasteiger partial charge in [-0.15, -0.1) is 0 Å². The zero-order valence-corrected chi connectivity index (χ0v) is 13.6. The van der Waals surface area contributed by atoms with Gasteiger partial charge in [-0.1, -0.05) is 6.42 Å². The quantitative estimate of drug-likeness (QED) is 0.638. The molecule has 0 spiro atoms. The number of unbranched alkanes of at least 4 members (excludes halogenated alkanes) is 2. The third-order valence-electron chi connectivity index (χ3n) is 4.65. The molecule has 0 aromatic heterocycles. The summed E-state index contributed by atoms with van der Waals surface area (Å²) >= 11 is 0. The van der Waals surface area contributed by atoms with E-state index in [0.717, 1.165) is 45.7 Å². The van der Waals surface area contributed by atoms with Crippen molar-refractivity contribution in [1.82, 2.24) is 14.7 Å². The van der Waals surface area contributed by atoms with E-state index in [4.69, 9.17) is 5.73 Å². The van der Waals surface area contributed by atoms with Crippen molar-refractivity contribution in [2.45, 2.75) is 45.1 Å². The lowest BCUT2D eigenvalue weighted by atomic mass is 10.2. The molecule has 2 aliphatic rings. The lowest BCUT2D eigenvalue weighted by Crippen LogP contribution is -2.50. The molecule has 1 saturated heterocycles. The molecule has 0 radical (unpaired) electrons. The summed E-state index contributed by atoms with van der Waals surface area (Å²) in [6, 6.07) is 0.548. The average molecular weight is 296 g/mol. The Labute approximate surface area is 129 Å². The maximum absolute atomic E-state index is 12.3. The predicted octanol–water partition coefficient (Wildman–Crippen LogP) is 0.744. The predicted molar refractivity (Wildman–Crippen MR) is 86.2 cm³/mol. The molecule has 21 heavy (non-hydrogen) atoms. The van der Waals surface area contributed by atoms with E-state index in [1.807, 2.05) is 0 Å². The van der Waals surface area contributed by atoms with Crippen molar-refractivity contribution in [3.05, 3.63) is 0 Å². The molecule has 122 valence electrons. The van der Waals surface area contributed by atoms with Crippen molar-refractivity contribution in [3.63, 3.8) is 0 Å². The highest BCUT2D eigenvalue weighted by Crippen LogP contribution is 2.26. The summed E-state index contributed by atoms with van der Waals surface area (Å²) in [7, 11) is 0. The van der Waals surface area contributed by atoms with Gasteiger partial charge in [-0.2, -0.15) is 0 Å². The zero-order valence-electron chi connectivity index (χ0n) is 13.6. The van der Waals surface area contributed by atoms with E-state index in [9.17, 15) is 4.79 Å². The lowest BCUT2D eigenvalue weighted by molar-refractivity contribution is -0.133. The molecule has 1 heterocycles. The van der Waals surface area contributed by atoms with E-state index >= 15 is 0 Å². The first-order chi connectivity index (χ1) is 10.2. The van der Waals surface area contributed by atoms with Crippen LogP contribution in [0.15, 0.2) is 0 Å². The zero-order chi connectivity index (χ0) is 15.1. The second-order valence-electron chi connectivity index (χ2n) is 6.38. The summed E-state index contributed by atoms with van der Waals surface area (Å²) in [5.74, 6) is 0.330. The van der Waals surface area contributed by atoms with E-state index in [0.29, 0.717) is 18.5 Å². The molecule has 5 nitrogen and oxygen atoms in total. The van der Waals surface area contributed by atoms with E-state index < -0.39 is 0 Å². The number of nitrogens with two attached hydrogens (primary N) is 1. The second-order valence-corrected chi connectivity index (χ2v) is 6.38. The number of likely N-dealkylation sites (N-methyl/N-ethyl adjacent to an activating group) is 1. The van der Waals surface area contributed by atoms with Gasteiger partial charge in [-0.05, 0) is 45.7 Å². The summed E-state index contributed by atoms with van der Waals surface area (Å²) < 4.78 is 0. The SMILES string of the molecule is CCN(C(=O)CN1CCN(CCCCCN)CC1)C1CC1. The molecule has 0 atom stereocenters. The monoisotopic (exact) mass is 296 g/mol. The van der Waals surface area contributed by atoms with Crippen molar-refractivity contribution in [3.8, 4) is 0 Å². The van der Waals surface area contributed by atoms with Gasteiger partial charge >= 0.3 is 0 Å². The molecule has 5 heteroatoms. The highest BCUT2D eigenvalue weighted by molar-refractivity contribution is 5.78. The minimum atomic E-state index is 0.330. The maximum Gasteiger partial charge on any atom is 0.236 e. The van der Waals surface area contributed by atoms with Crippen LogP contribution in [0.2, 0.25) is 0 Å². The van der Waals surface area contributed by atoms with Crippen LogP contribution in [0.25, 0.3) is 0 Å². The average Bonchev–Trinajstić information content (AvgIpc) is 3.31. The summed E-state index contributed by atoms with van der Waals surface area (Å²) in [4.78, 5) is 19.2. The van der Waals surface area contributed by atoms with Gasteiger partial charge in [-0.3, -0.25) is 9.69 Å². The lowest BCUT2D eigenvalue weighted by Gasteiger charge is -2.35. The summed E-state index contributed by atoms with van der Waals surface area (Å²) in [6.07, 6.45) is 6.04. The van der Waals surface area contributed by atoms with Gasteiger partial charge in [0.1, 0.15) is 0 Å². The van der Waals surface area contributed by atoms with Crippen molar-refractivity contribution in [2.24, 2.45) is 5.73 Å². The van der Waals surface area contributed by atoms with Gasteiger partial charge in [0, 0.05) is 38.8 Å². The first-order valence-corrected chi connectivity index (χ1v) is 8.68. The van der Waals surface area contributed by atoms with E-state index in [-0.39, 0.29) is 0 Å². The molecule has 1 saturated carbocycles. The van der Waals surface area contributed by atoms with E-state index in [1.54, 1.807) is 0 Å². The number of piperazine rings is 1. The molecule has 0 unspecified atom stereocenters. The maximum atomic E-state index is 12.3. The Morgan fingerprint density at radius 1 is 1.10 bits per heavy atom. The fourth-order valence-electron chi connectivity index (χ4n) is 3.13. The van der Waals surface area contributed by atoms with Gasteiger partial charge in [0.15, 0.2) is 0 Å². The number of carbonyl (C=O) groups excluding carboxylic acids is 1. The molecule has 0 aromatic rings. The van der Waals surface area contributed by atoms with Crippen LogP contribution in [-0.2, 0) is 4.79 Å². The Balaban J connectivity index is 1.61. The van der Waals surface area contributed by atoms with Crippen LogP contribution in [0.1, 0.15) is 39.0 Å². The molecule has 2 fully saturated rings. The second kappa shape index (κ2) is 8.71. The van der Waals surface area contributed by atoms with Crippen molar-refractivity contribution < 1.29 is 4.79 Å². The highest BCUT2D eigenvalue weighted by Gasteiger charge is 2.32.